The molecule has 2 nitrogen and oxygen atoms in total. The lowest BCUT2D eigenvalue weighted by Crippen LogP contribution is -1.97. The molecule has 0 saturated carbocycles. The van der Waals surface area contributed by atoms with Gasteiger partial charge in [-0.15, -0.1) is 0 Å². The van der Waals surface area contributed by atoms with Crippen molar-refractivity contribution in [1.29, 1.82) is 0 Å². The van der Waals surface area contributed by atoms with Crippen LogP contribution < -0.4 is 0 Å². The second-order valence-corrected chi connectivity index (χ2v) is 12.9. The molecule has 50 heavy (non-hydrogen) atoms. The fraction of sp³-hybridized carbons (Fsp3) is 0. The minimum absolute atomic E-state index is 1.15. The van der Waals surface area contributed by atoms with Gasteiger partial charge in [0, 0.05) is 32.9 Å². The molecular formula is C48H32N2. The lowest BCUT2D eigenvalue weighted by Gasteiger charge is -2.18. The van der Waals surface area contributed by atoms with Gasteiger partial charge in [-0.25, -0.2) is 0 Å². The standard InChI is InChI=1S/C48H32N2/c1-2-14-33(15-3-1)44-32-36(50-47-24-12-8-20-42(47)43-21-9-13-25-48(43)50)30-31-39(44)38-17-5-4-16-37(38)34-26-28-35(29-27-34)49-45-22-10-6-18-40(45)41-19-7-11-23-46(41)49/h1-32H. The lowest BCUT2D eigenvalue weighted by atomic mass is 9.89. The maximum Gasteiger partial charge on any atom is 0.0541 e. The van der Waals surface area contributed by atoms with Crippen LogP contribution in [0.25, 0.3) is 88.4 Å². The zero-order chi connectivity index (χ0) is 33.0. The molecule has 2 aromatic heterocycles. The Hall–Kier alpha value is -6.64. The Morgan fingerprint density at radius 2 is 0.620 bits per heavy atom. The number of nitrogens with zero attached hydrogens (tertiary/aromatic N) is 2. The molecule has 0 N–H and O–H groups in total. The summed E-state index contributed by atoms with van der Waals surface area (Å²) in [4.78, 5) is 0. The van der Waals surface area contributed by atoms with E-state index in [0.717, 1.165) is 11.4 Å². The molecule has 0 aliphatic rings. The van der Waals surface area contributed by atoms with Crippen LogP contribution in [0.2, 0.25) is 0 Å². The Kier molecular flexibility index (Phi) is 6.53. The van der Waals surface area contributed by atoms with Crippen LogP contribution >= 0.6 is 0 Å². The molecule has 0 radical (unpaired) electrons. The number of benzene rings is 8. The normalized spacial score (nSPS) is 11.6. The minimum Gasteiger partial charge on any atom is -0.309 e. The number of aromatic nitrogens is 2. The average molecular weight is 637 g/mol. The van der Waals surface area contributed by atoms with Crippen molar-refractivity contribution in [2.75, 3.05) is 0 Å². The molecule has 0 amide bonds. The first kappa shape index (κ1) is 28.4. The molecule has 0 spiro atoms. The van der Waals surface area contributed by atoms with E-state index in [4.69, 9.17) is 0 Å². The largest absolute Gasteiger partial charge is 0.309 e. The Bertz CT molecular complexity index is 2750. The van der Waals surface area contributed by atoms with Crippen molar-refractivity contribution >= 4 is 43.6 Å². The van der Waals surface area contributed by atoms with Gasteiger partial charge in [0.15, 0.2) is 0 Å². The number of para-hydroxylation sites is 4. The van der Waals surface area contributed by atoms with Gasteiger partial charge in [-0.3, -0.25) is 0 Å². The van der Waals surface area contributed by atoms with Crippen molar-refractivity contribution in [2.24, 2.45) is 0 Å². The van der Waals surface area contributed by atoms with Crippen LogP contribution in [0.3, 0.4) is 0 Å². The van der Waals surface area contributed by atoms with E-state index in [0.29, 0.717) is 0 Å². The summed E-state index contributed by atoms with van der Waals surface area (Å²) in [6.07, 6.45) is 0. The Morgan fingerprint density at radius 1 is 0.240 bits per heavy atom. The quantitative estimate of drug-likeness (QED) is 0.178. The molecule has 0 atom stereocenters. The third kappa shape index (κ3) is 4.43. The maximum atomic E-state index is 2.40. The monoisotopic (exact) mass is 636 g/mol. The summed E-state index contributed by atoms with van der Waals surface area (Å²) in [5.74, 6) is 0. The Labute approximate surface area is 290 Å². The van der Waals surface area contributed by atoms with Crippen molar-refractivity contribution in [3.05, 3.63) is 194 Å². The smallest absolute Gasteiger partial charge is 0.0541 e. The second-order valence-electron chi connectivity index (χ2n) is 12.9. The van der Waals surface area contributed by atoms with E-state index in [2.05, 4.69) is 203 Å². The van der Waals surface area contributed by atoms with Crippen molar-refractivity contribution in [2.45, 2.75) is 0 Å². The molecule has 0 aliphatic heterocycles. The highest BCUT2D eigenvalue weighted by atomic mass is 15.0. The van der Waals surface area contributed by atoms with E-state index >= 15 is 0 Å². The third-order valence-electron chi connectivity index (χ3n) is 10.2. The molecule has 0 bridgehead atoms. The van der Waals surface area contributed by atoms with Crippen LogP contribution in [-0.4, -0.2) is 9.13 Å². The van der Waals surface area contributed by atoms with Gasteiger partial charge in [0.2, 0.25) is 0 Å². The van der Waals surface area contributed by atoms with Gasteiger partial charge in [-0.05, 0) is 81.9 Å². The van der Waals surface area contributed by atoms with Gasteiger partial charge < -0.3 is 9.13 Å². The summed E-state index contributed by atoms with van der Waals surface area (Å²) in [6.45, 7) is 0. The molecule has 8 aromatic carbocycles. The summed E-state index contributed by atoms with van der Waals surface area (Å²) in [5, 5.41) is 5.08. The summed E-state index contributed by atoms with van der Waals surface area (Å²) in [5.41, 5.74) is 14.4. The molecule has 0 saturated heterocycles. The maximum absolute atomic E-state index is 2.40. The first-order chi connectivity index (χ1) is 24.8. The van der Waals surface area contributed by atoms with Gasteiger partial charge in [-0.1, -0.05) is 146 Å². The van der Waals surface area contributed by atoms with Crippen LogP contribution in [0.4, 0.5) is 0 Å². The Balaban J connectivity index is 1.13. The van der Waals surface area contributed by atoms with Crippen LogP contribution in [0.5, 0.6) is 0 Å². The highest BCUT2D eigenvalue weighted by molar-refractivity contribution is 6.10. The van der Waals surface area contributed by atoms with Crippen molar-refractivity contribution < 1.29 is 0 Å². The van der Waals surface area contributed by atoms with Crippen LogP contribution in [0.1, 0.15) is 0 Å². The third-order valence-corrected chi connectivity index (χ3v) is 10.2. The number of rotatable bonds is 5. The predicted molar refractivity (Wildman–Crippen MR) is 211 cm³/mol. The predicted octanol–water partition coefficient (Wildman–Crippen LogP) is 12.9. The van der Waals surface area contributed by atoms with Crippen molar-refractivity contribution in [3.63, 3.8) is 0 Å². The van der Waals surface area contributed by atoms with Crippen molar-refractivity contribution in [1.82, 2.24) is 9.13 Å². The number of hydrogen-bond acceptors (Lipinski definition) is 0. The molecule has 10 aromatic rings. The topological polar surface area (TPSA) is 9.86 Å². The highest BCUT2D eigenvalue weighted by Crippen LogP contribution is 2.41. The van der Waals surface area contributed by atoms with E-state index in [9.17, 15) is 0 Å². The van der Waals surface area contributed by atoms with Gasteiger partial charge in [0.05, 0.1) is 22.1 Å². The summed E-state index contributed by atoms with van der Waals surface area (Å²) in [6, 6.07) is 70.4. The summed E-state index contributed by atoms with van der Waals surface area (Å²) < 4.78 is 4.78. The van der Waals surface area contributed by atoms with E-state index in [-0.39, 0.29) is 0 Å². The number of fused-ring (bicyclic) bond motifs is 6. The molecule has 0 unspecified atom stereocenters. The average Bonchev–Trinajstić information content (AvgIpc) is 3.71. The second kappa shape index (κ2) is 11.5. The van der Waals surface area contributed by atoms with Gasteiger partial charge >= 0.3 is 0 Å². The highest BCUT2D eigenvalue weighted by Gasteiger charge is 2.17. The molecule has 0 aliphatic carbocycles. The molecule has 234 valence electrons. The molecule has 0 fully saturated rings. The van der Waals surface area contributed by atoms with E-state index in [1.807, 2.05) is 0 Å². The van der Waals surface area contributed by atoms with Crippen LogP contribution in [0.15, 0.2) is 194 Å². The fourth-order valence-electron chi connectivity index (χ4n) is 7.92. The molecular weight excluding hydrogens is 605 g/mol. The molecule has 2 heterocycles. The van der Waals surface area contributed by atoms with E-state index in [1.54, 1.807) is 0 Å². The zero-order valence-electron chi connectivity index (χ0n) is 27.4. The lowest BCUT2D eigenvalue weighted by molar-refractivity contribution is 1.18. The van der Waals surface area contributed by atoms with Crippen LogP contribution in [0, 0.1) is 0 Å². The van der Waals surface area contributed by atoms with Gasteiger partial charge in [0.25, 0.3) is 0 Å². The summed E-state index contributed by atoms with van der Waals surface area (Å²) in [7, 11) is 0. The number of hydrogen-bond donors (Lipinski definition) is 0. The first-order valence-corrected chi connectivity index (χ1v) is 17.2. The molecule has 2 heteroatoms. The van der Waals surface area contributed by atoms with Gasteiger partial charge in [-0.2, -0.15) is 0 Å². The van der Waals surface area contributed by atoms with E-state index in [1.165, 1.54) is 77.0 Å². The fourth-order valence-corrected chi connectivity index (χ4v) is 7.92. The SMILES string of the molecule is c1ccc(-c2cc(-n3c4ccccc4c4ccccc43)ccc2-c2ccccc2-c2ccc(-n3c4ccccc4c4ccccc43)cc2)cc1. The minimum atomic E-state index is 1.15. The van der Waals surface area contributed by atoms with Crippen LogP contribution in [-0.2, 0) is 0 Å². The zero-order valence-corrected chi connectivity index (χ0v) is 27.4. The first-order valence-electron chi connectivity index (χ1n) is 17.2. The Morgan fingerprint density at radius 3 is 1.16 bits per heavy atom. The summed E-state index contributed by atoms with van der Waals surface area (Å²) >= 11 is 0. The van der Waals surface area contributed by atoms with Gasteiger partial charge in [0.1, 0.15) is 0 Å². The molecule has 10 rings (SSSR count). The van der Waals surface area contributed by atoms with Crippen molar-refractivity contribution in [3.8, 4) is 44.8 Å². The van der Waals surface area contributed by atoms with E-state index < -0.39 is 0 Å².